The number of alkyl halides is 1. The van der Waals surface area contributed by atoms with Gasteiger partial charge in [0.2, 0.25) is 0 Å². The van der Waals surface area contributed by atoms with Crippen LogP contribution in [0.4, 0.5) is 0 Å². The fourth-order valence-electron chi connectivity index (χ4n) is 2.46. The number of likely N-dealkylation sites (N-methyl/N-ethyl adjacent to an activating group) is 1. The number of halogens is 2. The van der Waals surface area contributed by atoms with Gasteiger partial charge in [-0.1, -0.05) is 11.6 Å². The number of imidazole rings is 1. The molecule has 1 heterocycles. The van der Waals surface area contributed by atoms with Crippen molar-refractivity contribution in [1.82, 2.24) is 14.5 Å². The van der Waals surface area contributed by atoms with Gasteiger partial charge in [0.15, 0.2) is 0 Å². The first kappa shape index (κ1) is 13.2. The number of aromatic nitrogens is 2. The first-order valence-electron chi connectivity index (χ1n) is 6.60. The van der Waals surface area contributed by atoms with Crippen LogP contribution in [-0.4, -0.2) is 34.1 Å². The zero-order valence-corrected chi connectivity index (χ0v) is 12.5. The van der Waals surface area contributed by atoms with E-state index >= 15 is 0 Å². The molecule has 2 aromatic rings. The van der Waals surface area contributed by atoms with Crippen LogP contribution >= 0.6 is 23.2 Å². The van der Waals surface area contributed by atoms with Gasteiger partial charge in [-0.3, -0.25) is 0 Å². The van der Waals surface area contributed by atoms with Gasteiger partial charge in [-0.25, -0.2) is 4.98 Å². The number of nitrogens with zero attached hydrogens (tertiary/aromatic N) is 3. The summed E-state index contributed by atoms with van der Waals surface area (Å²) >= 11 is 12.0. The standard InChI is InChI=1S/C14H17Cl2N3/c1-18(11-3-4-11)6-7-19-13-5-2-10(16)8-12(13)17-14(19)9-15/h2,5,8,11H,3-4,6-7,9H2,1H3. The molecule has 0 aliphatic heterocycles. The molecule has 5 heteroatoms. The molecule has 1 aromatic heterocycles. The highest BCUT2D eigenvalue weighted by Crippen LogP contribution is 2.26. The third-order valence-corrected chi connectivity index (χ3v) is 4.23. The quantitative estimate of drug-likeness (QED) is 0.787. The van der Waals surface area contributed by atoms with Crippen LogP contribution in [0, 0.1) is 0 Å². The van der Waals surface area contributed by atoms with E-state index in [1.807, 2.05) is 18.2 Å². The third-order valence-electron chi connectivity index (χ3n) is 3.76. The number of hydrogen-bond donors (Lipinski definition) is 0. The summed E-state index contributed by atoms with van der Waals surface area (Å²) in [5, 5.41) is 0.716. The minimum atomic E-state index is 0.430. The smallest absolute Gasteiger partial charge is 0.124 e. The van der Waals surface area contributed by atoms with Crippen LogP contribution in [0.5, 0.6) is 0 Å². The Hall–Kier alpha value is -0.770. The number of benzene rings is 1. The van der Waals surface area contributed by atoms with Crippen molar-refractivity contribution >= 4 is 34.2 Å². The summed E-state index contributed by atoms with van der Waals surface area (Å²) in [6.45, 7) is 1.95. The predicted molar refractivity (Wildman–Crippen MR) is 80.0 cm³/mol. The lowest BCUT2D eigenvalue weighted by Crippen LogP contribution is -2.25. The molecule has 3 rings (SSSR count). The summed E-state index contributed by atoms with van der Waals surface area (Å²) in [6.07, 6.45) is 2.66. The Kier molecular flexibility index (Phi) is 3.70. The predicted octanol–water partition coefficient (Wildman–Crippen LogP) is 3.52. The molecule has 19 heavy (non-hydrogen) atoms. The van der Waals surface area contributed by atoms with Crippen molar-refractivity contribution in [2.75, 3.05) is 13.6 Å². The summed E-state index contributed by atoms with van der Waals surface area (Å²) in [7, 11) is 2.19. The first-order chi connectivity index (χ1) is 9.19. The summed E-state index contributed by atoms with van der Waals surface area (Å²) in [5.74, 6) is 1.35. The van der Waals surface area contributed by atoms with Crippen molar-refractivity contribution in [1.29, 1.82) is 0 Å². The highest BCUT2D eigenvalue weighted by atomic mass is 35.5. The van der Waals surface area contributed by atoms with Gasteiger partial charge in [0.05, 0.1) is 16.9 Å². The second-order valence-corrected chi connectivity index (χ2v) is 5.86. The fourth-order valence-corrected chi connectivity index (χ4v) is 2.83. The lowest BCUT2D eigenvalue weighted by molar-refractivity contribution is 0.309. The van der Waals surface area contributed by atoms with E-state index in [-0.39, 0.29) is 0 Å². The van der Waals surface area contributed by atoms with Gasteiger partial charge >= 0.3 is 0 Å². The van der Waals surface area contributed by atoms with Crippen LogP contribution in [0.3, 0.4) is 0 Å². The van der Waals surface area contributed by atoms with Gasteiger partial charge in [-0.05, 0) is 38.1 Å². The normalized spacial score (nSPS) is 15.6. The molecular weight excluding hydrogens is 281 g/mol. The zero-order valence-electron chi connectivity index (χ0n) is 10.9. The van der Waals surface area contributed by atoms with Gasteiger partial charge in [-0.15, -0.1) is 11.6 Å². The monoisotopic (exact) mass is 297 g/mol. The van der Waals surface area contributed by atoms with Gasteiger partial charge in [0.1, 0.15) is 5.82 Å². The van der Waals surface area contributed by atoms with Gasteiger partial charge < -0.3 is 9.47 Å². The molecule has 0 atom stereocenters. The van der Waals surface area contributed by atoms with Crippen LogP contribution in [0.2, 0.25) is 5.02 Å². The van der Waals surface area contributed by atoms with E-state index in [1.54, 1.807) is 0 Å². The maximum absolute atomic E-state index is 6.01. The average Bonchev–Trinajstić information content (AvgIpc) is 3.18. The Labute approximate surface area is 123 Å². The number of fused-ring (bicyclic) bond motifs is 1. The van der Waals surface area contributed by atoms with E-state index in [4.69, 9.17) is 23.2 Å². The summed E-state index contributed by atoms with van der Waals surface area (Å²) in [6, 6.07) is 6.61. The Balaban J connectivity index is 1.87. The Morgan fingerprint density at radius 3 is 2.89 bits per heavy atom. The van der Waals surface area contributed by atoms with E-state index in [9.17, 15) is 0 Å². The van der Waals surface area contributed by atoms with Crippen molar-refractivity contribution < 1.29 is 0 Å². The average molecular weight is 298 g/mol. The zero-order chi connectivity index (χ0) is 13.4. The van der Waals surface area contributed by atoms with E-state index < -0.39 is 0 Å². The molecule has 0 saturated heterocycles. The molecule has 102 valence electrons. The molecule has 1 aromatic carbocycles. The number of hydrogen-bond acceptors (Lipinski definition) is 2. The molecule has 0 N–H and O–H groups in total. The Morgan fingerprint density at radius 1 is 1.42 bits per heavy atom. The third kappa shape index (κ3) is 2.73. The molecule has 1 fully saturated rings. The molecule has 1 saturated carbocycles. The van der Waals surface area contributed by atoms with E-state index in [2.05, 4.69) is 21.5 Å². The topological polar surface area (TPSA) is 21.1 Å². The van der Waals surface area contributed by atoms with E-state index in [0.29, 0.717) is 10.9 Å². The van der Waals surface area contributed by atoms with Crippen molar-refractivity contribution in [3.8, 4) is 0 Å². The highest BCUT2D eigenvalue weighted by Gasteiger charge is 2.25. The SMILES string of the molecule is CN(CCn1c(CCl)nc2cc(Cl)ccc21)C1CC1. The molecule has 0 bridgehead atoms. The van der Waals surface area contributed by atoms with Crippen LogP contribution < -0.4 is 0 Å². The summed E-state index contributed by atoms with van der Waals surface area (Å²) in [5.41, 5.74) is 2.04. The second kappa shape index (κ2) is 5.31. The maximum atomic E-state index is 6.01. The van der Waals surface area contributed by atoms with E-state index in [0.717, 1.165) is 36.0 Å². The van der Waals surface area contributed by atoms with Crippen molar-refractivity contribution in [2.24, 2.45) is 0 Å². The van der Waals surface area contributed by atoms with Crippen LogP contribution in [0.25, 0.3) is 11.0 Å². The van der Waals surface area contributed by atoms with Crippen LogP contribution in [0.15, 0.2) is 18.2 Å². The van der Waals surface area contributed by atoms with Crippen LogP contribution in [0.1, 0.15) is 18.7 Å². The Bertz CT molecular complexity index is 590. The summed E-state index contributed by atoms with van der Waals surface area (Å²) in [4.78, 5) is 6.97. The lowest BCUT2D eigenvalue weighted by atomic mass is 10.3. The first-order valence-corrected chi connectivity index (χ1v) is 7.51. The van der Waals surface area contributed by atoms with Gasteiger partial charge in [0.25, 0.3) is 0 Å². The molecule has 3 nitrogen and oxygen atoms in total. The largest absolute Gasteiger partial charge is 0.326 e. The van der Waals surface area contributed by atoms with E-state index in [1.165, 1.54) is 12.8 Å². The molecule has 1 aliphatic rings. The minimum absolute atomic E-state index is 0.430. The minimum Gasteiger partial charge on any atom is -0.326 e. The molecule has 0 amide bonds. The molecule has 0 radical (unpaired) electrons. The molecule has 0 unspecified atom stereocenters. The number of rotatable bonds is 5. The van der Waals surface area contributed by atoms with Gasteiger partial charge in [-0.2, -0.15) is 0 Å². The molecule has 0 spiro atoms. The second-order valence-electron chi connectivity index (χ2n) is 5.16. The highest BCUT2D eigenvalue weighted by molar-refractivity contribution is 6.31. The molecule has 1 aliphatic carbocycles. The van der Waals surface area contributed by atoms with Crippen molar-refractivity contribution in [3.63, 3.8) is 0 Å². The van der Waals surface area contributed by atoms with Crippen molar-refractivity contribution in [3.05, 3.63) is 29.0 Å². The fraction of sp³-hybridized carbons (Fsp3) is 0.500. The molecular formula is C14H17Cl2N3. The summed E-state index contributed by atoms with van der Waals surface area (Å²) < 4.78 is 2.21. The van der Waals surface area contributed by atoms with Crippen LogP contribution in [-0.2, 0) is 12.4 Å². The maximum Gasteiger partial charge on any atom is 0.124 e. The lowest BCUT2D eigenvalue weighted by Gasteiger charge is -2.17. The van der Waals surface area contributed by atoms with Gasteiger partial charge in [0, 0.05) is 24.2 Å². The Morgan fingerprint density at radius 2 is 2.21 bits per heavy atom. The van der Waals surface area contributed by atoms with Crippen molar-refractivity contribution in [2.45, 2.75) is 31.3 Å².